The molecule has 13 heteroatoms. The van der Waals surface area contributed by atoms with Crippen molar-refractivity contribution in [3.8, 4) is 11.3 Å². The number of nitrogens with zero attached hydrogens (tertiary/aromatic N) is 2. The van der Waals surface area contributed by atoms with Crippen LogP contribution in [0.3, 0.4) is 0 Å². The van der Waals surface area contributed by atoms with Gasteiger partial charge in [-0.2, -0.15) is 13.2 Å². The topological polar surface area (TPSA) is 96.5 Å². The van der Waals surface area contributed by atoms with Gasteiger partial charge >= 0.3 is 6.18 Å². The fraction of sp³-hybridized carbons (Fsp3) is 0.217. The van der Waals surface area contributed by atoms with E-state index in [-0.39, 0.29) is 40.4 Å². The number of pyridine rings is 1. The van der Waals surface area contributed by atoms with E-state index < -0.39 is 46.6 Å². The maximum atomic E-state index is 14.6. The zero-order valence-electron chi connectivity index (χ0n) is 18.5. The molecule has 0 aliphatic rings. The minimum atomic E-state index is -4.74. The van der Waals surface area contributed by atoms with E-state index in [0.29, 0.717) is 5.56 Å². The molecular weight excluding hydrogens is 529 g/mol. The van der Waals surface area contributed by atoms with Crippen LogP contribution >= 0.6 is 11.6 Å². The molecule has 2 aromatic carbocycles. The Bertz CT molecular complexity index is 1320. The summed E-state index contributed by atoms with van der Waals surface area (Å²) < 4.78 is 89.2. The quantitative estimate of drug-likeness (QED) is 0.288. The van der Waals surface area contributed by atoms with Crippen molar-refractivity contribution in [3.05, 3.63) is 82.0 Å². The number of anilines is 1. The normalized spacial score (nSPS) is 13.3. The molecule has 3 N–H and O–H groups in total. The van der Waals surface area contributed by atoms with E-state index in [9.17, 15) is 31.0 Å². The Morgan fingerprint density at radius 1 is 1.14 bits per heavy atom. The van der Waals surface area contributed by atoms with Gasteiger partial charge < -0.3 is 5.73 Å². The maximum absolute atomic E-state index is 14.6. The van der Waals surface area contributed by atoms with Crippen molar-refractivity contribution in [2.75, 3.05) is 11.4 Å². The minimum Gasteiger partial charge on any atom is -0.369 e. The Balaban J connectivity index is 1.97. The van der Waals surface area contributed by atoms with Crippen LogP contribution in [-0.2, 0) is 28.7 Å². The monoisotopic (exact) mass is 547 g/mol. The molecule has 6 nitrogen and oxygen atoms in total. The minimum absolute atomic E-state index is 0.00695. The number of nitrogens with two attached hydrogens (primary N) is 1. The summed E-state index contributed by atoms with van der Waals surface area (Å²) in [4.78, 5) is 15.9. The standard InChI is InChI=1S/C23H19ClF5N3O3S/c1-32(36(34)35)19-8-4-13(11-18(19)26)15(22(30)33)6-2-12-5-9-20(23(27,28)29)31-21(12)14-3-7-17(25)16(24)10-14/h3-5,7-11,15H,2,6H2,1H3,(H2,30,33)(H,34,35). The van der Waals surface area contributed by atoms with E-state index >= 15 is 0 Å². The molecule has 0 spiro atoms. The van der Waals surface area contributed by atoms with Crippen LogP contribution in [0.5, 0.6) is 0 Å². The highest BCUT2D eigenvalue weighted by molar-refractivity contribution is 7.80. The maximum Gasteiger partial charge on any atom is 0.433 e. The second kappa shape index (κ2) is 10.9. The molecule has 0 saturated heterocycles. The highest BCUT2D eigenvalue weighted by atomic mass is 35.5. The smallest absolute Gasteiger partial charge is 0.369 e. The van der Waals surface area contributed by atoms with Gasteiger partial charge in [-0.05, 0) is 60.4 Å². The van der Waals surface area contributed by atoms with Crippen molar-refractivity contribution in [2.24, 2.45) is 5.73 Å². The number of aromatic nitrogens is 1. The lowest BCUT2D eigenvalue weighted by Crippen LogP contribution is -2.23. The van der Waals surface area contributed by atoms with Crippen LogP contribution in [-0.4, -0.2) is 26.7 Å². The second-order valence-corrected chi connectivity index (χ2v) is 9.18. The predicted molar refractivity (Wildman–Crippen MR) is 125 cm³/mol. The first kappa shape index (κ1) is 27.5. The summed E-state index contributed by atoms with van der Waals surface area (Å²) in [6.07, 6.45) is -4.75. The van der Waals surface area contributed by atoms with Crippen molar-refractivity contribution < 1.29 is 35.5 Å². The first-order valence-corrected chi connectivity index (χ1v) is 11.7. The third kappa shape index (κ3) is 6.18. The Hall–Kier alpha value is -3.09. The molecule has 192 valence electrons. The molecule has 2 unspecified atom stereocenters. The number of alkyl halides is 3. The number of rotatable bonds is 8. The van der Waals surface area contributed by atoms with Crippen LogP contribution in [0.15, 0.2) is 48.5 Å². The number of halogens is 6. The number of benzene rings is 2. The number of carbonyl (C=O) groups is 1. The van der Waals surface area contributed by atoms with Gasteiger partial charge in [0.15, 0.2) is 0 Å². The van der Waals surface area contributed by atoms with Gasteiger partial charge in [0.05, 0.1) is 22.3 Å². The molecule has 0 saturated carbocycles. The number of amides is 1. The highest BCUT2D eigenvalue weighted by Gasteiger charge is 2.33. The Kier molecular flexibility index (Phi) is 8.32. The van der Waals surface area contributed by atoms with Crippen molar-refractivity contribution in [1.82, 2.24) is 4.98 Å². The molecular formula is C23H19ClF5N3O3S. The summed E-state index contributed by atoms with van der Waals surface area (Å²) in [5.41, 5.74) is 4.65. The van der Waals surface area contributed by atoms with Crippen molar-refractivity contribution in [3.63, 3.8) is 0 Å². The number of hydrogen-bond donors (Lipinski definition) is 2. The fourth-order valence-electron chi connectivity index (χ4n) is 3.59. The van der Waals surface area contributed by atoms with Gasteiger partial charge in [0.2, 0.25) is 5.91 Å². The summed E-state index contributed by atoms with van der Waals surface area (Å²) >= 11 is 3.33. The largest absolute Gasteiger partial charge is 0.433 e. The van der Waals surface area contributed by atoms with E-state index in [4.69, 9.17) is 21.9 Å². The van der Waals surface area contributed by atoms with E-state index in [1.54, 1.807) is 0 Å². The average molecular weight is 548 g/mol. The molecule has 0 bridgehead atoms. The summed E-state index contributed by atoms with van der Waals surface area (Å²) in [6.45, 7) is 0. The fourth-order valence-corrected chi connectivity index (χ4v) is 4.09. The highest BCUT2D eigenvalue weighted by Crippen LogP contribution is 2.34. The van der Waals surface area contributed by atoms with E-state index in [2.05, 4.69) is 4.98 Å². The SMILES string of the molecule is CN(c1ccc(C(CCc2ccc(C(F)(F)F)nc2-c2ccc(F)c(Cl)c2)C(N)=O)cc1F)S(=O)O. The molecule has 0 aliphatic heterocycles. The number of aryl methyl sites for hydroxylation is 1. The van der Waals surface area contributed by atoms with E-state index in [1.807, 2.05) is 0 Å². The van der Waals surface area contributed by atoms with Crippen LogP contribution < -0.4 is 10.0 Å². The Morgan fingerprint density at radius 2 is 1.83 bits per heavy atom. The third-order valence-corrected chi connectivity index (χ3v) is 6.41. The summed E-state index contributed by atoms with van der Waals surface area (Å²) in [7, 11) is 1.20. The molecule has 1 heterocycles. The third-order valence-electron chi connectivity index (χ3n) is 5.46. The summed E-state index contributed by atoms with van der Waals surface area (Å²) in [5, 5.41) is -0.308. The molecule has 0 radical (unpaired) electrons. The molecule has 0 aliphatic carbocycles. The Labute approximate surface area is 210 Å². The molecule has 1 amide bonds. The van der Waals surface area contributed by atoms with Gasteiger partial charge in [-0.3, -0.25) is 13.7 Å². The predicted octanol–water partition coefficient (Wildman–Crippen LogP) is 5.47. The number of hydrogen-bond acceptors (Lipinski definition) is 3. The van der Waals surface area contributed by atoms with Gasteiger partial charge in [-0.1, -0.05) is 23.7 Å². The van der Waals surface area contributed by atoms with Crippen molar-refractivity contribution in [1.29, 1.82) is 0 Å². The summed E-state index contributed by atoms with van der Waals surface area (Å²) in [6, 6.07) is 8.91. The molecule has 3 aromatic rings. The van der Waals surface area contributed by atoms with Crippen LogP contribution in [0.4, 0.5) is 27.6 Å². The molecule has 3 rings (SSSR count). The molecule has 0 fully saturated rings. The Morgan fingerprint density at radius 3 is 2.39 bits per heavy atom. The zero-order chi connectivity index (χ0) is 26.8. The van der Waals surface area contributed by atoms with Gasteiger partial charge in [0.1, 0.15) is 17.3 Å². The first-order valence-electron chi connectivity index (χ1n) is 10.3. The van der Waals surface area contributed by atoms with Crippen LogP contribution in [0, 0.1) is 11.6 Å². The first-order chi connectivity index (χ1) is 16.8. The molecule has 2 atom stereocenters. The molecule has 1 aromatic heterocycles. The number of primary amides is 1. The zero-order valence-corrected chi connectivity index (χ0v) is 20.1. The summed E-state index contributed by atoms with van der Waals surface area (Å²) in [5.74, 6) is -3.48. The lowest BCUT2D eigenvalue weighted by atomic mass is 9.90. The van der Waals surface area contributed by atoms with Gasteiger partial charge in [0, 0.05) is 12.6 Å². The van der Waals surface area contributed by atoms with Crippen LogP contribution in [0.25, 0.3) is 11.3 Å². The lowest BCUT2D eigenvalue weighted by molar-refractivity contribution is -0.141. The average Bonchev–Trinajstić information content (AvgIpc) is 2.80. The van der Waals surface area contributed by atoms with Crippen molar-refractivity contribution >= 4 is 34.5 Å². The molecule has 36 heavy (non-hydrogen) atoms. The van der Waals surface area contributed by atoms with E-state index in [0.717, 1.165) is 28.6 Å². The lowest BCUT2D eigenvalue weighted by Gasteiger charge is -2.19. The number of carbonyl (C=O) groups excluding carboxylic acids is 1. The van der Waals surface area contributed by atoms with Gasteiger partial charge in [-0.25, -0.2) is 18.0 Å². The van der Waals surface area contributed by atoms with Crippen molar-refractivity contribution in [2.45, 2.75) is 24.9 Å². The van der Waals surface area contributed by atoms with Gasteiger partial charge in [-0.15, -0.1) is 0 Å². The van der Waals surface area contributed by atoms with Crippen LogP contribution in [0.1, 0.15) is 29.2 Å². The van der Waals surface area contributed by atoms with E-state index in [1.165, 1.54) is 31.3 Å². The van der Waals surface area contributed by atoms with Gasteiger partial charge in [0.25, 0.3) is 11.3 Å². The second-order valence-electron chi connectivity index (χ2n) is 7.76. The van der Waals surface area contributed by atoms with Crippen LogP contribution in [0.2, 0.25) is 5.02 Å².